The monoisotopic (exact) mass is 291 g/mol. The van der Waals surface area contributed by atoms with Crippen LogP contribution >= 0.6 is 0 Å². The number of aromatic nitrogens is 1. The van der Waals surface area contributed by atoms with Gasteiger partial charge in [-0.05, 0) is 13.0 Å². The van der Waals surface area contributed by atoms with Crippen LogP contribution in [0.4, 0.5) is 0 Å². The number of fused-ring (bicyclic) bond motifs is 1. The van der Waals surface area contributed by atoms with E-state index < -0.39 is 5.92 Å². The third-order valence-corrected chi connectivity index (χ3v) is 3.51. The first-order chi connectivity index (χ1) is 10.7. The lowest BCUT2D eigenvalue weighted by Crippen LogP contribution is -2.23. The van der Waals surface area contributed by atoms with Crippen molar-refractivity contribution in [2.45, 2.75) is 6.92 Å². The van der Waals surface area contributed by atoms with Crippen molar-refractivity contribution in [3.05, 3.63) is 65.5 Å². The second-order valence-electron chi connectivity index (χ2n) is 4.98. The molecule has 1 heterocycles. The SMILES string of the molecule is CC(=NN=Cc1cccnc1)C1C(=O)c2ccccc2C1=O. The van der Waals surface area contributed by atoms with Gasteiger partial charge in [0, 0.05) is 29.1 Å². The van der Waals surface area contributed by atoms with Crippen molar-refractivity contribution in [1.29, 1.82) is 0 Å². The summed E-state index contributed by atoms with van der Waals surface area (Å²) in [6.07, 6.45) is 4.85. The predicted octanol–water partition coefficient (Wildman–Crippen LogP) is 2.57. The van der Waals surface area contributed by atoms with E-state index in [2.05, 4.69) is 15.2 Å². The number of ketones is 2. The number of carbonyl (C=O) groups is 2. The number of hydrogen-bond donors (Lipinski definition) is 0. The summed E-state index contributed by atoms with van der Waals surface area (Å²) in [6.45, 7) is 1.65. The molecular weight excluding hydrogens is 278 g/mol. The summed E-state index contributed by atoms with van der Waals surface area (Å²) in [5.74, 6) is -1.28. The van der Waals surface area contributed by atoms with Gasteiger partial charge in [0.15, 0.2) is 11.6 Å². The van der Waals surface area contributed by atoms with E-state index in [9.17, 15) is 9.59 Å². The van der Waals surface area contributed by atoms with Crippen LogP contribution in [0.1, 0.15) is 33.2 Å². The van der Waals surface area contributed by atoms with Crippen molar-refractivity contribution in [1.82, 2.24) is 4.98 Å². The number of pyridine rings is 1. The molecule has 5 nitrogen and oxygen atoms in total. The van der Waals surface area contributed by atoms with Gasteiger partial charge in [0.25, 0.3) is 0 Å². The smallest absolute Gasteiger partial charge is 0.180 e. The minimum absolute atomic E-state index is 0.210. The molecule has 0 radical (unpaired) electrons. The molecule has 5 heteroatoms. The average molecular weight is 291 g/mol. The summed E-state index contributed by atoms with van der Waals surface area (Å²) in [5, 5.41) is 7.94. The highest BCUT2D eigenvalue weighted by Crippen LogP contribution is 2.27. The molecule has 0 unspecified atom stereocenters. The van der Waals surface area contributed by atoms with Crippen LogP contribution in [0.3, 0.4) is 0 Å². The average Bonchev–Trinajstić information content (AvgIpc) is 2.80. The standard InChI is InChI=1S/C17H13N3O2/c1-11(20-19-10-12-5-4-8-18-9-12)15-16(21)13-6-2-3-7-14(13)17(15)22/h2-10,15H,1H3. The van der Waals surface area contributed by atoms with Gasteiger partial charge in [-0.1, -0.05) is 30.3 Å². The molecule has 0 aliphatic heterocycles. The molecule has 1 aromatic heterocycles. The van der Waals surface area contributed by atoms with Crippen LogP contribution in [-0.2, 0) is 0 Å². The number of nitrogens with zero attached hydrogens (tertiary/aromatic N) is 3. The molecule has 1 aromatic carbocycles. The van der Waals surface area contributed by atoms with Crippen LogP contribution in [0.25, 0.3) is 0 Å². The highest BCUT2D eigenvalue weighted by atomic mass is 16.2. The quantitative estimate of drug-likeness (QED) is 0.495. The lowest BCUT2D eigenvalue weighted by molar-refractivity contribution is 0.0883. The first-order valence-corrected chi connectivity index (χ1v) is 6.83. The summed E-state index contributed by atoms with van der Waals surface area (Å²) in [7, 11) is 0. The molecule has 0 bridgehead atoms. The number of Topliss-reactive ketones (excluding diaryl/α,β-unsaturated/α-hetero) is 2. The molecule has 0 fully saturated rings. The Morgan fingerprint density at radius 2 is 1.77 bits per heavy atom. The van der Waals surface area contributed by atoms with E-state index in [1.807, 2.05) is 6.07 Å². The van der Waals surface area contributed by atoms with Gasteiger partial charge in [0.1, 0.15) is 5.92 Å². The Morgan fingerprint density at radius 1 is 1.09 bits per heavy atom. The van der Waals surface area contributed by atoms with E-state index in [4.69, 9.17) is 0 Å². The molecule has 0 amide bonds. The normalized spacial score (nSPS) is 15.6. The summed E-state index contributed by atoms with van der Waals surface area (Å²) in [5.41, 5.74) is 2.12. The number of benzene rings is 1. The Labute approximate surface area is 127 Å². The highest BCUT2D eigenvalue weighted by molar-refractivity contribution is 6.36. The molecular formula is C17H13N3O2. The third kappa shape index (κ3) is 2.48. The summed E-state index contributed by atoms with van der Waals surface area (Å²) in [6, 6.07) is 10.5. The lowest BCUT2D eigenvalue weighted by Gasteiger charge is -2.03. The van der Waals surface area contributed by atoms with Crippen molar-refractivity contribution in [3.63, 3.8) is 0 Å². The van der Waals surface area contributed by atoms with Crippen LogP contribution < -0.4 is 0 Å². The van der Waals surface area contributed by atoms with Crippen molar-refractivity contribution < 1.29 is 9.59 Å². The maximum atomic E-state index is 12.3. The molecule has 1 aliphatic carbocycles. The topological polar surface area (TPSA) is 71.8 Å². The molecule has 0 saturated carbocycles. The fourth-order valence-electron chi connectivity index (χ4n) is 2.42. The second kappa shape index (κ2) is 5.81. The van der Waals surface area contributed by atoms with Gasteiger partial charge in [-0.25, -0.2) is 0 Å². The Morgan fingerprint density at radius 3 is 2.36 bits per heavy atom. The van der Waals surface area contributed by atoms with Crippen LogP contribution in [-0.4, -0.2) is 28.5 Å². The molecule has 0 saturated heterocycles. The molecule has 1 aliphatic rings. The molecule has 108 valence electrons. The van der Waals surface area contributed by atoms with Crippen molar-refractivity contribution >= 4 is 23.5 Å². The maximum absolute atomic E-state index is 12.3. The largest absolute Gasteiger partial charge is 0.293 e. The third-order valence-electron chi connectivity index (χ3n) is 3.51. The van der Waals surface area contributed by atoms with Gasteiger partial charge in [-0.3, -0.25) is 14.6 Å². The Balaban J connectivity index is 1.83. The zero-order valence-corrected chi connectivity index (χ0v) is 11.9. The van der Waals surface area contributed by atoms with Crippen LogP contribution in [0, 0.1) is 5.92 Å². The van der Waals surface area contributed by atoms with Crippen LogP contribution in [0.15, 0.2) is 59.0 Å². The van der Waals surface area contributed by atoms with E-state index in [0.717, 1.165) is 5.56 Å². The van der Waals surface area contributed by atoms with E-state index in [0.29, 0.717) is 16.8 Å². The first-order valence-electron chi connectivity index (χ1n) is 6.83. The zero-order chi connectivity index (χ0) is 15.5. The fraction of sp³-hybridized carbons (Fsp3) is 0.118. The van der Waals surface area contributed by atoms with E-state index >= 15 is 0 Å². The predicted molar refractivity (Wildman–Crippen MR) is 83.5 cm³/mol. The molecule has 0 spiro atoms. The van der Waals surface area contributed by atoms with E-state index in [1.165, 1.54) is 6.21 Å². The van der Waals surface area contributed by atoms with Crippen LogP contribution in [0.2, 0.25) is 0 Å². The summed E-state index contributed by atoms with van der Waals surface area (Å²) >= 11 is 0. The maximum Gasteiger partial charge on any atom is 0.180 e. The summed E-state index contributed by atoms with van der Waals surface area (Å²) in [4.78, 5) is 28.6. The molecule has 2 aromatic rings. The van der Waals surface area contributed by atoms with Gasteiger partial charge in [-0.2, -0.15) is 10.2 Å². The number of hydrogen-bond acceptors (Lipinski definition) is 5. The van der Waals surface area contributed by atoms with Gasteiger partial charge < -0.3 is 0 Å². The van der Waals surface area contributed by atoms with Crippen molar-refractivity contribution in [2.75, 3.05) is 0 Å². The van der Waals surface area contributed by atoms with Gasteiger partial charge in [0.05, 0.1) is 11.9 Å². The zero-order valence-electron chi connectivity index (χ0n) is 11.9. The van der Waals surface area contributed by atoms with E-state index in [1.54, 1.807) is 49.6 Å². The minimum atomic E-state index is -0.858. The highest BCUT2D eigenvalue weighted by Gasteiger charge is 2.40. The molecule has 3 rings (SSSR count). The Hall–Kier alpha value is -2.95. The van der Waals surface area contributed by atoms with Crippen molar-refractivity contribution in [3.8, 4) is 0 Å². The van der Waals surface area contributed by atoms with E-state index in [-0.39, 0.29) is 11.6 Å². The molecule has 0 N–H and O–H groups in total. The van der Waals surface area contributed by atoms with Crippen molar-refractivity contribution in [2.24, 2.45) is 16.1 Å². The van der Waals surface area contributed by atoms with Gasteiger partial charge >= 0.3 is 0 Å². The molecule has 0 atom stereocenters. The minimum Gasteiger partial charge on any atom is -0.293 e. The van der Waals surface area contributed by atoms with Gasteiger partial charge in [0.2, 0.25) is 0 Å². The fourth-order valence-corrected chi connectivity index (χ4v) is 2.42. The number of rotatable bonds is 3. The Bertz CT molecular complexity index is 760. The van der Waals surface area contributed by atoms with Gasteiger partial charge in [-0.15, -0.1) is 0 Å². The second-order valence-corrected chi connectivity index (χ2v) is 4.98. The number of carbonyl (C=O) groups excluding carboxylic acids is 2. The first kappa shape index (κ1) is 14.0. The Kier molecular flexibility index (Phi) is 3.70. The van der Waals surface area contributed by atoms with Crippen LogP contribution in [0.5, 0.6) is 0 Å². The lowest BCUT2D eigenvalue weighted by atomic mass is 9.99. The molecule has 22 heavy (non-hydrogen) atoms. The summed E-state index contributed by atoms with van der Waals surface area (Å²) < 4.78 is 0.